The maximum Gasteiger partial charge on any atom is 0.368 e. The van der Waals surface area contributed by atoms with E-state index in [4.69, 9.17) is 19.6 Å². The summed E-state index contributed by atoms with van der Waals surface area (Å²) in [7, 11) is 5.64. The Hall–Kier alpha value is -3.92. The van der Waals surface area contributed by atoms with Crippen LogP contribution >= 0.6 is 0 Å². The van der Waals surface area contributed by atoms with E-state index in [2.05, 4.69) is 4.98 Å². The third-order valence-electron chi connectivity index (χ3n) is 5.59. The van der Waals surface area contributed by atoms with Crippen LogP contribution in [0, 0.1) is 5.41 Å². The largest absolute Gasteiger partial charge is 0.497 e. The number of esters is 1. The zero-order valence-electron chi connectivity index (χ0n) is 17.9. The van der Waals surface area contributed by atoms with Crippen molar-refractivity contribution in [3.05, 3.63) is 48.3 Å². The van der Waals surface area contributed by atoms with Gasteiger partial charge in [0.1, 0.15) is 29.1 Å². The first kappa shape index (κ1) is 21.3. The Labute approximate surface area is 183 Å². The van der Waals surface area contributed by atoms with Crippen molar-refractivity contribution in [2.24, 2.45) is 7.05 Å². The summed E-state index contributed by atoms with van der Waals surface area (Å²) >= 11 is 0. The number of aliphatic hydroxyl groups is 1. The summed E-state index contributed by atoms with van der Waals surface area (Å²) in [5.41, 5.74) is -1.26. The second-order valence-corrected chi connectivity index (χ2v) is 7.27. The molecule has 32 heavy (non-hydrogen) atoms. The lowest BCUT2D eigenvalue weighted by Crippen LogP contribution is -2.56. The van der Waals surface area contributed by atoms with E-state index < -0.39 is 23.4 Å². The number of carbonyl (C=O) groups excluding carboxylic acids is 2. The van der Waals surface area contributed by atoms with Gasteiger partial charge in [0.05, 0.1) is 38.1 Å². The molecule has 1 aromatic heterocycles. The predicted octanol–water partition coefficient (Wildman–Crippen LogP) is 1.60. The topological polar surface area (TPSA) is 127 Å². The summed E-state index contributed by atoms with van der Waals surface area (Å²) in [4.78, 5) is 31.6. The zero-order chi connectivity index (χ0) is 23.2. The Bertz CT molecular complexity index is 1230. The summed E-state index contributed by atoms with van der Waals surface area (Å²) in [5, 5.41) is 20.2. The van der Waals surface area contributed by atoms with Gasteiger partial charge < -0.3 is 23.9 Å². The molecule has 1 saturated heterocycles. The Kier molecular flexibility index (Phi) is 5.09. The van der Waals surface area contributed by atoms with Crippen LogP contribution in [0.1, 0.15) is 11.7 Å². The molecule has 0 aliphatic carbocycles. The molecule has 0 radical (unpaired) electrons. The number of Topliss-reactive ketones (excluding diaryl/α,β-unsaturated/α-hetero) is 1. The van der Waals surface area contributed by atoms with E-state index in [9.17, 15) is 14.7 Å². The highest BCUT2D eigenvalue weighted by molar-refractivity contribution is 6.32. The molecule has 2 aromatic carbocycles. The molecule has 10 heteroatoms. The van der Waals surface area contributed by atoms with Crippen molar-refractivity contribution in [3.8, 4) is 11.5 Å². The van der Waals surface area contributed by atoms with Crippen LogP contribution in [0.25, 0.3) is 11.0 Å². The number of ketones is 1. The summed E-state index contributed by atoms with van der Waals surface area (Å²) in [6, 6.07) is 11.8. The van der Waals surface area contributed by atoms with Crippen molar-refractivity contribution in [1.29, 1.82) is 5.41 Å². The molecule has 0 amide bonds. The average molecular weight is 438 g/mol. The monoisotopic (exact) mass is 438 g/mol. The molecule has 2 unspecified atom stereocenters. The first-order valence-electron chi connectivity index (χ1n) is 9.66. The van der Waals surface area contributed by atoms with Gasteiger partial charge in [-0.1, -0.05) is 12.1 Å². The lowest BCUT2D eigenvalue weighted by atomic mass is 9.99. The number of aryl methyl sites for hydroxylation is 1. The number of nitrogens with zero attached hydrogens (tertiary/aromatic N) is 3. The van der Waals surface area contributed by atoms with E-state index in [-0.39, 0.29) is 17.3 Å². The molecule has 4 rings (SSSR count). The Morgan fingerprint density at radius 3 is 2.31 bits per heavy atom. The minimum Gasteiger partial charge on any atom is -0.497 e. The van der Waals surface area contributed by atoms with Gasteiger partial charge in [-0.2, -0.15) is 0 Å². The molecule has 0 saturated carbocycles. The van der Waals surface area contributed by atoms with Crippen LogP contribution in [0.4, 0.5) is 5.69 Å². The third kappa shape index (κ3) is 2.91. The number of benzene rings is 2. The predicted molar refractivity (Wildman–Crippen MR) is 115 cm³/mol. The van der Waals surface area contributed by atoms with Crippen LogP contribution in [-0.4, -0.2) is 59.3 Å². The van der Waals surface area contributed by atoms with Crippen molar-refractivity contribution < 1.29 is 28.9 Å². The van der Waals surface area contributed by atoms with E-state index in [0.29, 0.717) is 17.0 Å². The first-order chi connectivity index (χ1) is 15.3. The molecule has 166 valence electrons. The lowest BCUT2D eigenvalue weighted by molar-refractivity contribution is -0.165. The van der Waals surface area contributed by atoms with Gasteiger partial charge in [-0.05, 0) is 12.1 Å². The van der Waals surface area contributed by atoms with Crippen molar-refractivity contribution in [3.63, 3.8) is 0 Å². The molecule has 3 aromatic rings. The Morgan fingerprint density at radius 2 is 1.75 bits per heavy atom. The van der Waals surface area contributed by atoms with Crippen molar-refractivity contribution in [1.82, 2.24) is 9.55 Å². The van der Waals surface area contributed by atoms with Crippen LogP contribution in [0.5, 0.6) is 11.5 Å². The van der Waals surface area contributed by atoms with Crippen molar-refractivity contribution in [2.75, 3.05) is 26.2 Å². The number of anilines is 1. The van der Waals surface area contributed by atoms with E-state index >= 15 is 0 Å². The highest BCUT2D eigenvalue weighted by atomic mass is 16.5. The van der Waals surface area contributed by atoms with Gasteiger partial charge >= 0.3 is 11.7 Å². The molecule has 2 N–H and O–H groups in total. The fourth-order valence-corrected chi connectivity index (χ4v) is 3.98. The molecule has 1 fully saturated rings. The van der Waals surface area contributed by atoms with Gasteiger partial charge in [0, 0.05) is 25.2 Å². The van der Waals surface area contributed by atoms with Gasteiger partial charge in [-0.25, -0.2) is 9.78 Å². The van der Waals surface area contributed by atoms with Gasteiger partial charge in [0.25, 0.3) is 0 Å². The van der Waals surface area contributed by atoms with Crippen LogP contribution in [0.15, 0.2) is 42.5 Å². The smallest absolute Gasteiger partial charge is 0.368 e. The van der Waals surface area contributed by atoms with Crippen molar-refractivity contribution in [2.45, 2.75) is 11.6 Å². The highest BCUT2D eigenvalue weighted by Crippen LogP contribution is 2.42. The number of ether oxygens (including phenoxy) is 3. The highest BCUT2D eigenvalue weighted by Gasteiger charge is 2.63. The normalized spacial score (nSPS) is 20.7. The number of amidine groups is 1. The van der Waals surface area contributed by atoms with Crippen LogP contribution in [0.2, 0.25) is 0 Å². The molecule has 1 aliphatic heterocycles. The van der Waals surface area contributed by atoms with Crippen LogP contribution in [-0.2, 0) is 21.4 Å². The van der Waals surface area contributed by atoms with Gasteiger partial charge in [-0.3, -0.25) is 15.1 Å². The number of para-hydroxylation sites is 2. The Morgan fingerprint density at radius 1 is 1.12 bits per heavy atom. The fraction of sp³-hybridized carbons (Fsp3) is 0.273. The average Bonchev–Trinajstić information content (AvgIpc) is 3.23. The van der Waals surface area contributed by atoms with E-state index in [0.717, 1.165) is 17.5 Å². The number of rotatable bonds is 5. The third-order valence-corrected chi connectivity index (χ3v) is 5.59. The second-order valence-electron chi connectivity index (χ2n) is 7.27. The fourth-order valence-electron chi connectivity index (χ4n) is 3.98. The maximum atomic E-state index is 13.5. The molecule has 0 spiro atoms. The number of methoxy groups -OCH3 is 3. The van der Waals surface area contributed by atoms with Crippen molar-refractivity contribution >= 4 is 34.3 Å². The lowest BCUT2D eigenvalue weighted by Gasteiger charge is -2.30. The molecule has 2 heterocycles. The number of hydrogen-bond acceptors (Lipinski definition) is 8. The molecule has 2 atom stereocenters. The maximum absolute atomic E-state index is 13.5. The molecule has 0 bridgehead atoms. The number of carbonyl (C=O) groups is 2. The summed E-state index contributed by atoms with van der Waals surface area (Å²) in [6.07, 6.45) is 0. The molecule has 10 nitrogen and oxygen atoms in total. The quantitative estimate of drug-likeness (QED) is 0.454. The number of nitrogens with one attached hydrogen (secondary N) is 1. The van der Waals surface area contributed by atoms with Gasteiger partial charge in [0.2, 0.25) is 5.78 Å². The molecular weight excluding hydrogens is 416 g/mol. The van der Waals surface area contributed by atoms with Gasteiger partial charge in [-0.15, -0.1) is 0 Å². The minimum absolute atomic E-state index is 0.147. The van der Waals surface area contributed by atoms with E-state index in [1.165, 1.54) is 26.4 Å². The molecular formula is C22H22N4O6. The van der Waals surface area contributed by atoms with Crippen LogP contribution in [0.3, 0.4) is 0 Å². The van der Waals surface area contributed by atoms with Crippen LogP contribution < -0.4 is 14.4 Å². The summed E-state index contributed by atoms with van der Waals surface area (Å²) in [6.45, 7) is 0. The second kappa shape index (κ2) is 7.65. The minimum atomic E-state index is -2.77. The standard InChI is InChI=1S/C22H22N4O6/c1-25-16-8-6-5-7-15(16)24-20(25)17-18(27)22(29,21(28)32-4)26(19(17)23)12-9-13(30-2)11-14(10-12)31-3/h5-11,17,23,29H,1-4H3. The first-order valence-corrected chi connectivity index (χ1v) is 9.66. The number of fused-ring (bicyclic) bond motifs is 1. The van der Waals surface area contributed by atoms with Gasteiger partial charge in [0.15, 0.2) is 0 Å². The summed E-state index contributed by atoms with van der Waals surface area (Å²) < 4.78 is 17.0. The number of aromatic nitrogens is 2. The zero-order valence-corrected chi connectivity index (χ0v) is 17.9. The SMILES string of the molecule is COC(=O)C1(O)C(=O)C(c2nc3ccccc3n2C)C(=N)N1c1cc(OC)cc(OC)c1. The molecule has 1 aliphatic rings. The number of imidazole rings is 1. The Balaban J connectivity index is 1.93. The van der Waals surface area contributed by atoms with E-state index in [1.54, 1.807) is 29.8 Å². The van der Waals surface area contributed by atoms with E-state index in [1.807, 2.05) is 12.1 Å². The summed E-state index contributed by atoms with van der Waals surface area (Å²) in [5.74, 6) is -2.88. The number of hydrogen-bond donors (Lipinski definition) is 2.